The number of alkyl halides is 2. The fourth-order valence-corrected chi connectivity index (χ4v) is 4.37. The molecule has 3 heterocycles. The van der Waals surface area contributed by atoms with Crippen molar-refractivity contribution in [3.63, 3.8) is 0 Å². The second kappa shape index (κ2) is 11.2. The van der Waals surface area contributed by atoms with Crippen LogP contribution in [0.2, 0.25) is 0 Å². The number of fused-ring (bicyclic) bond motifs is 1. The second-order valence-corrected chi connectivity index (χ2v) is 8.27. The molecule has 18 heteroatoms. The zero-order valence-electron chi connectivity index (χ0n) is 16.9. The molecule has 14 nitrogen and oxygen atoms in total. The van der Waals surface area contributed by atoms with E-state index in [9.17, 15) is 28.3 Å². The minimum atomic E-state index is -2.78. The van der Waals surface area contributed by atoms with E-state index < -0.39 is 41.2 Å². The van der Waals surface area contributed by atoms with Crippen LogP contribution in [0, 0.1) is 0 Å². The standard InChI is InChI=1S/C15H18F2N6O7S2.H2O/c1-29-15(18-8(25)6-31-13(16)17)11(28)23-9(10(26)27)7(4-30-12(15)23)5-32-14-19-20-21-22(14)2-3-24;/h12-13,24H,2-6H2,1H3,(H,18,25)(H,26,27);1H2/t12-,15+;/m1./s1. The number of carbonyl (C=O) groups excluding carboxylic acids is 2. The van der Waals surface area contributed by atoms with E-state index in [1.165, 1.54) is 4.68 Å². The average molecular weight is 514 g/mol. The van der Waals surface area contributed by atoms with Crippen molar-refractivity contribution < 1.29 is 48.3 Å². The van der Waals surface area contributed by atoms with Gasteiger partial charge in [-0.15, -0.1) is 5.10 Å². The van der Waals surface area contributed by atoms with Crippen LogP contribution in [0.3, 0.4) is 0 Å². The maximum atomic E-state index is 12.8. The predicted octanol–water partition coefficient (Wildman–Crippen LogP) is -2.12. The summed E-state index contributed by atoms with van der Waals surface area (Å²) in [5.74, 6) is -6.56. The van der Waals surface area contributed by atoms with Crippen LogP contribution < -0.4 is 5.32 Å². The molecular weight excluding hydrogens is 494 g/mol. The Hall–Kier alpha value is -2.38. The van der Waals surface area contributed by atoms with E-state index in [1.807, 2.05) is 0 Å². The smallest absolute Gasteiger partial charge is 0.352 e. The van der Waals surface area contributed by atoms with Gasteiger partial charge in [0.25, 0.3) is 17.4 Å². The van der Waals surface area contributed by atoms with E-state index in [2.05, 4.69) is 20.8 Å². The topological polar surface area (TPSA) is 200 Å². The lowest BCUT2D eigenvalue weighted by atomic mass is 9.94. The molecule has 0 aliphatic carbocycles. The zero-order valence-corrected chi connectivity index (χ0v) is 18.6. The highest BCUT2D eigenvalue weighted by Crippen LogP contribution is 2.41. The Morgan fingerprint density at radius 1 is 1.45 bits per heavy atom. The number of methoxy groups -OCH3 is 1. The zero-order chi connectivity index (χ0) is 23.5. The molecule has 33 heavy (non-hydrogen) atoms. The molecule has 0 bridgehead atoms. The Morgan fingerprint density at radius 3 is 2.79 bits per heavy atom. The van der Waals surface area contributed by atoms with Crippen molar-refractivity contribution in [3.8, 4) is 0 Å². The molecule has 1 saturated heterocycles. The Balaban J connectivity index is 0.00000385. The third kappa shape index (κ3) is 5.25. The van der Waals surface area contributed by atoms with Crippen LogP contribution in [0.25, 0.3) is 0 Å². The van der Waals surface area contributed by atoms with E-state index in [0.717, 1.165) is 23.8 Å². The largest absolute Gasteiger partial charge is 0.477 e. The molecule has 0 saturated carbocycles. The van der Waals surface area contributed by atoms with Crippen LogP contribution >= 0.6 is 23.5 Å². The number of aliphatic hydroxyl groups excluding tert-OH is 1. The monoisotopic (exact) mass is 514 g/mol. The summed E-state index contributed by atoms with van der Waals surface area (Å²) in [6, 6.07) is 0. The van der Waals surface area contributed by atoms with Crippen LogP contribution in [0.5, 0.6) is 0 Å². The van der Waals surface area contributed by atoms with Crippen LogP contribution in [0.1, 0.15) is 0 Å². The molecule has 1 aromatic rings. The highest BCUT2D eigenvalue weighted by Gasteiger charge is 2.67. The fourth-order valence-electron chi connectivity index (χ4n) is 3.12. The molecule has 5 N–H and O–H groups in total. The Labute approximate surface area is 192 Å². The van der Waals surface area contributed by atoms with Gasteiger partial charge in [-0.1, -0.05) is 23.5 Å². The molecule has 2 aliphatic rings. The number of aliphatic carboxylic acids is 1. The maximum absolute atomic E-state index is 12.8. The number of thioether (sulfide) groups is 2. The van der Waals surface area contributed by atoms with Gasteiger partial charge in [-0.05, 0) is 16.0 Å². The lowest BCUT2D eigenvalue weighted by Gasteiger charge is -2.55. The summed E-state index contributed by atoms with van der Waals surface area (Å²) in [5, 5.41) is 32.3. The Bertz CT molecular complexity index is 934. The van der Waals surface area contributed by atoms with E-state index in [-0.39, 0.29) is 54.0 Å². The third-order valence-electron chi connectivity index (χ3n) is 4.49. The number of carbonyl (C=O) groups is 3. The molecule has 1 aromatic heterocycles. The first-order chi connectivity index (χ1) is 15.2. The fraction of sp³-hybridized carbons (Fsp3) is 0.600. The number of carboxylic acid groups (broad SMARTS) is 1. The normalized spacial score (nSPS) is 22.0. The number of ether oxygens (including phenoxy) is 2. The van der Waals surface area contributed by atoms with Gasteiger partial charge in [0.2, 0.25) is 11.1 Å². The average Bonchev–Trinajstić information content (AvgIpc) is 3.20. The first-order valence-corrected chi connectivity index (χ1v) is 10.9. The van der Waals surface area contributed by atoms with Crippen molar-refractivity contribution in [1.82, 2.24) is 30.4 Å². The number of rotatable bonds is 11. The molecular formula is C15H20F2N6O8S2. The summed E-state index contributed by atoms with van der Waals surface area (Å²) >= 11 is 1.14. The van der Waals surface area contributed by atoms with Crippen molar-refractivity contribution in [2.75, 3.05) is 31.8 Å². The number of nitrogens with one attached hydrogen (secondary N) is 1. The molecule has 0 radical (unpaired) electrons. The SMILES string of the molecule is CO[C@@]1(NC(=O)CSC(F)F)C(=O)N2C(C(=O)O)=C(CSc3nnnn3CCO)CO[C@@H]21.O. The van der Waals surface area contributed by atoms with Crippen LogP contribution in [0.15, 0.2) is 16.4 Å². The number of amides is 2. The summed E-state index contributed by atoms with van der Waals surface area (Å²) in [7, 11) is 1.11. The number of halogens is 2. The number of hydrogen-bond acceptors (Lipinski definition) is 11. The molecule has 0 spiro atoms. The first-order valence-electron chi connectivity index (χ1n) is 8.91. The molecule has 0 unspecified atom stereocenters. The van der Waals surface area contributed by atoms with Gasteiger partial charge < -0.3 is 30.5 Å². The summed E-state index contributed by atoms with van der Waals surface area (Å²) in [5.41, 5.74) is -2.12. The van der Waals surface area contributed by atoms with Crippen LogP contribution in [-0.4, -0.2) is 108 Å². The minimum Gasteiger partial charge on any atom is -0.477 e. The summed E-state index contributed by atoms with van der Waals surface area (Å²) < 4.78 is 36.7. The number of aliphatic hydroxyl groups is 1. The van der Waals surface area contributed by atoms with E-state index >= 15 is 0 Å². The lowest BCUT2D eigenvalue weighted by molar-refractivity contribution is -0.257. The second-order valence-electron chi connectivity index (χ2n) is 6.35. The summed E-state index contributed by atoms with van der Waals surface area (Å²) in [6.45, 7) is -0.268. The molecule has 1 fully saturated rings. The molecule has 3 rings (SSSR count). The van der Waals surface area contributed by atoms with Gasteiger partial charge in [0, 0.05) is 12.9 Å². The van der Waals surface area contributed by atoms with Gasteiger partial charge in [0.1, 0.15) is 5.70 Å². The van der Waals surface area contributed by atoms with Crippen molar-refractivity contribution in [2.45, 2.75) is 29.4 Å². The van der Waals surface area contributed by atoms with E-state index in [0.29, 0.717) is 5.16 Å². The Morgan fingerprint density at radius 2 is 2.18 bits per heavy atom. The number of nitrogens with zero attached hydrogens (tertiary/aromatic N) is 5. The highest BCUT2D eigenvalue weighted by molar-refractivity contribution is 8.00. The third-order valence-corrected chi connectivity index (χ3v) is 6.21. The van der Waals surface area contributed by atoms with Gasteiger partial charge in [-0.25, -0.2) is 9.48 Å². The molecule has 2 atom stereocenters. The number of aromatic nitrogens is 4. The van der Waals surface area contributed by atoms with Crippen molar-refractivity contribution in [1.29, 1.82) is 0 Å². The number of β-lactam (4-membered cyclic amide) rings is 1. The minimum absolute atomic E-state index is 0. The van der Waals surface area contributed by atoms with E-state index in [4.69, 9.17) is 14.6 Å². The maximum Gasteiger partial charge on any atom is 0.352 e. The van der Waals surface area contributed by atoms with Crippen LogP contribution in [0.4, 0.5) is 8.78 Å². The molecule has 2 amide bonds. The first kappa shape index (κ1) is 26.9. The molecule has 2 aliphatic heterocycles. The van der Waals surface area contributed by atoms with E-state index in [1.54, 1.807) is 0 Å². The molecule has 0 aromatic carbocycles. The molecule has 184 valence electrons. The van der Waals surface area contributed by atoms with Crippen LogP contribution in [-0.2, 0) is 30.4 Å². The predicted molar refractivity (Wildman–Crippen MR) is 107 cm³/mol. The lowest BCUT2D eigenvalue weighted by Crippen LogP contribution is -2.82. The quantitative estimate of drug-likeness (QED) is 0.165. The number of hydrogen-bond donors (Lipinski definition) is 3. The Kier molecular flexibility index (Phi) is 9.09. The van der Waals surface area contributed by atoms with Gasteiger partial charge in [0.05, 0.1) is 25.5 Å². The highest BCUT2D eigenvalue weighted by atomic mass is 32.2. The summed E-state index contributed by atoms with van der Waals surface area (Å²) in [4.78, 5) is 37.6. The van der Waals surface area contributed by atoms with Crippen molar-refractivity contribution in [3.05, 3.63) is 11.3 Å². The number of carboxylic acids is 1. The van der Waals surface area contributed by atoms with Crippen molar-refractivity contribution in [2.24, 2.45) is 0 Å². The number of tetrazole rings is 1. The van der Waals surface area contributed by atoms with Gasteiger partial charge in [-0.3, -0.25) is 14.5 Å². The van der Waals surface area contributed by atoms with Gasteiger partial charge in [-0.2, -0.15) is 8.78 Å². The van der Waals surface area contributed by atoms with Gasteiger partial charge in [0.15, 0.2) is 6.23 Å². The van der Waals surface area contributed by atoms with Crippen molar-refractivity contribution >= 4 is 41.3 Å². The summed E-state index contributed by atoms with van der Waals surface area (Å²) in [6.07, 6.45) is -1.29. The van der Waals surface area contributed by atoms with Gasteiger partial charge >= 0.3 is 5.97 Å².